The second kappa shape index (κ2) is 9.03. The average Bonchev–Trinajstić information content (AvgIpc) is 2.73. The highest BCUT2D eigenvalue weighted by Gasteiger charge is 2.32. The lowest BCUT2D eigenvalue weighted by Crippen LogP contribution is -2.42. The first kappa shape index (κ1) is 22.1. The van der Waals surface area contributed by atoms with Gasteiger partial charge in [0.15, 0.2) is 16.4 Å². The summed E-state index contributed by atoms with van der Waals surface area (Å²) in [5, 5.41) is 1.65. The first-order valence-electron chi connectivity index (χ1n) is 9.97. The van der Waals surface area contributed by atoms with E-state index in [9.17, 15) is 22.8 Å². The number of carbonyl (C=O) groups is 3. The number of nitrogens with one attached hydrogen (secondary N) is 1. The van der Waals surface area contributed by atoms with Crippen molar-refractivity contribution >= 4 is 33.3 Å². The van der Waals surface area contributed by atoms with Gasteiger partial charge < -0.3 is 19.7 Å². The second-order valence-corrected chi connectivity index (χ2v) is 9.83. The summed E-state index contributed by atoms with van der Waals surface area (Å²) in [6.45, 7) is 4.26. The molecule has 3 rings (SSSR count). The number of anilines is 1. The summed E-state index contributed by atoms with van der Waals surface area (Å²) in [4.78, 5) is 37.6. The third kappa shape index (κ3) is 4.75. The Balaban J connectivity index is 1.62. The van der Waals surface area contributed by atoms with E-state index < -0.39 is 15.1 Å². The smallest absolute Gasteiger partial charge is 0.309 e. The normalized spacial score (nSPS) is 18.1. The molecule has 0 bridgehead atoms. The van der Waals surface area contributed by atoms with Crippen LogP contribution < -0.4 is 10.1 Å². The van der Waals surface area contributed by atoms with E-state index in [-0.39, 0.29) is 41.6 Å². The standard InChI is InChI=1S/C20H26N2O7S/c1-3-28-20(25)14-6-8-22(9-7-14)19(24)10-13(2)30(26,27)15-4-5-17-16(11-15)21-18(23)12-29-17/h4-5,11,13-14H,3,6-10,12H2,1-2H3,(H,21,23)/t13-/m0/s1. The molecule has 0 unspecified atom stereocenters. The van der Waals surface area contributed by atoms with E-state index >= 15 is 0 Å². The van der Waals surface area contributed by atoms with Crippen LogP contribution in [0.15, 0.2) is 23.1 Å². The average molecular weight is 439 g/mol. The molecule has 2 heterocycles. The van der Waals surface area contributed by atoms with Crippen molar-refractivity contribution in [3.63, 3.8) is 0 Å². The summed E-state index contributed by atoms with van der Waals surface area (Å²) < 4.78 is 36.2. The number of hydrogen-bond acceptors (Lipinski definition) is 7. The molecule has 0 radical (unpaired) electrons. The quantitative estimate of drug-likeness (QED) is 0.666. The van der Waals surface area contributed by atoms with Crippen molar-refractivity contribution in [2.75, 3.05) is 31.6 Å². The third-order valence-electron chi connectivity index (χ3n) is 5.37. The first-order chi connectivity index (χ1) is 14.2. The molecule has 2 amide bonds. The van der Waals surface area contributed by atoms with Crippen LogP contribution in [0, 0.1) is 5.92 Å². The Bertz CT molecular complexity index is 936. The lowest BCUT2D eigenvalue weighted by molar-refractivity contribution is -0.151. The SMILES string of the molecule is CCOC(=O)C1CCN(C(=O)C[C@H](C)S(=O)(=O)c2ccc3c(c2)NC(=O)CO3)CC1. The van der Waals surface area contributed by atoms with E-state index in [4.69, 9.17) is 9.47 Å². The van der Waals surface area contributed by atoms with E-state index in [1.54, 1.807) is 11.8 Å². The summed E-state index contributed by atoms with van der Waals surface area (Å²) in [5.41, 5.74) is 0.298. The van der Waals surface area contributed by atoms with Crippen molar-refractivity contribution < 1.29 is 32.3 Å². The molecule has 1 N–H and O–H groups in total. The number of nitrogens with zero attached hydrogens (tertiary/aromatic N) is 1. The van der Waals surface area contributed by atoms with Gasteiger partial charge in [0.25, 0.3) is 5.91 Å². The maximum absolute atomic E-state index is 12.9. The van der Waals surface area contributed by atoms with Crippen LogP contribution >= 0.6 is 0 Å². The predicted octanol–water partition coefficient (Wildman–Crippen LogP) is 1.37. The van der Waals surface area contributed by atoms with Crippen LogP contribution in [0.1, 0.15) is 33.1 Å². The lowest BCUT2D eigenvalue weighted by Gasteiger charge is -2.31. The minimum Gasteiger partial charge on any atom is -0.482 e. The zero-order chi connectivity index (χ0) is 21.9. The molecule has 2 aliphatic heterocycles. The molecule has 0 spiro atoms. The topological polar surface area (TPSA) is 119 Å². The molecular weight excluding hydrogens is 412 g/mol. The molecule has 10 heteroatoms. The second-order valence-electron chi connectivity index (χ2n) is 7.46. The minimum atomic E-state index is -3.78. The van der Waals surface area contributed by atoms with Crippen LogP contribution in [-0.2, 0) is 29.0 Å². The van der Waals surface area contributed by atoms with Crippen LogP contribution in [0.3, 0.4) is 0 Å². The number of benzene rings is 1. The molecule has 1 fully saturated rings. The van der Waals surface area contributed by atoms with Crippen molar-refractivity contribution in [3.05, 3.63) is 18.2 Å². The number of amides is 2. The molecule has 1 aromatic rings. The maximum atomic E-state index is 12.9. The van der Waals surface area contributed by atoms with Crippen LogP contribution in [0.4, 0.5) is 5.69 Å². The lowest BCUT2D eigenvalue weighted by atomic mass is 9.97. The van der Waals surface area contributed by atoms with Gasteiger partial charge in [-0.1, -0.05) is 0 Å². The highest BCUT2D eigenvalue weighted by Crippen LogP contribution is 2.32. The number of ether oxygens (including phenoxy) is 2. The number of fused-ring (bicyclic) bond motifs is 1. The van der Waals surface area contributed by atoms with Gasteiger partial charge in [0.2, 0.25) is 5.91 Å². The van der Waals surface area contributed by atoms with E-state index in [1.165, 1.54) is 25.1 Å². The maximum Gasteiger partial charge on any atom is 0.309 e. The molecular formula is C20H26N2O7S. The van der Waals surface area contributed by atoms with Crippen molar-refractivity contribution in [2.45, 2.75) is 43.3 Å². The van der Waals surface area contributed by atoms with Gasteiger partial charge in [-0.2, -0.15) is 0 Å². The van der Waals surface area contributed by atoms with Gasteiger partial charge in [0.1, 0.15) is 5.75 Å². The molecule has 1 atom stereocenters. The number of rotatable bonds is 6. The largest absolute Gasteiger partial charge is 0.482 e. The summed E-state index contributed by atoms with van der Waals surface area (Å²) in [6.07, 6.45) is 0.860. The molecule has 0 aromatic heterocycles. The van der Waals surface area contributed by atoms with Crippen LogP contribution in [0.2, 0.25) is 0 Å². The van der Waals surface area contributed by atoms with Crippen molar-refractivity contribution in [2.24, 2.45) is 5.92 Å². The predicted molar refractivity (Wildman–Crippen MR) is 108 cm³/mol. The van der Waals surface area contributed by atoms with Crippen molar-refractivity contribution in [1.29, 1.82) is 0 Å². The zero-order valence-corrected chi connectivity index (χ0v) is 17.9. The fourth-order valence-electron chi connectivity index (χ4n) is 3.58. The minimum absolute atomic E-state index is 0.0216. The molecule has 2 aliphatic rings. The van der Waals surface area contributed by atoms with E-state index in [0.29, 0.717) is 44.0 Å². The highest BCUT2D eigenvalue weighted by atomic mass is 32.2. The van der Waals surface area contributed by atoms with E-state index in [1.807, 2.05) is 0 Å². The van der Waals surface area contributed by atoms with Gasteiger partial charge in [0.05, 0.1) is 28.4 Å². The van der Waals surface area contributed by atoms with Gasteiger partial charge in [-0.05, 0) is 44.9 Å². The molecule has 9 nitrogen and oxygen atoms in total. The van der Waals surface area contributed by atoms with Gasteiger partial charge in [-0.15, -0.1) is 0 Å². The third-order valence-corrected chi connectivity index (χ3v) is 7.51. The number of hydrogen-bond donors (Lipinski definition) is 1. The van der Waals surface area contributed by atoms with Gasteiger partial charge >= 0.3 is 5.97 Å². The van der Waals surface area contributed by atoms with Crippen LogP contribution in [0.25, 0.3) is 0 Å². The van der Waals surface area contributed by atoms with Gasteiger partial charge in [-0.25, -0.2) is 8.42 Å². The van der Waals surface area contributed by atoms with Crippen LogP contribution in [0.5, 0.6) is 5.75 Å². The number of esters is 1. The fraction of sp³-hybridized carbons (Fsp3) is 0.550. The van der Waals surface area contributed by atoms with E-state index in [0.717, 1.165) is 0 Å². The van der Waals surface area contributed by atoms with Crippen molar-refractivity contribution in [3.8, 4) is 5.75 Å². The summed E-state index contributed by atoms with van der Waals surface area (Å²) >= 11 is 0. The number of piperidine rings is 1. The Kier molecular flexibility index (Phi) is 6.64. The fourth-order valence-corrected chi connectivity index (χ4v) is 4.95. The molecule has 1 aromatic carbocycles. The monoisotopic (exact) mass is 438 g/mol. The summed E-state index contributed by atoms with van der Waals surface area (Å²) in [7, 11) is -3.78. The number of sulfone groups is 1. The number of carbonyl (C=O) groups excluding carboxylic acids is 3. The molecule has 1 saturated heterocycles. The molecule has 0 aliphatic carbocycles. The Labute approximate surface area is 175 Å². The van der Waals surface area contributed by atoms with Crippen LogP contribution in [-0.4, -0.2) is 62.7 Å². The Morgan fingerprint density at radius 2 is 2.00 bits per heavy atom. The first-order valence-corrected chi connectivity index (χ1v) is 11.5. The zero-order valence-electron chi connectivity index (χ0n) is 17.0. The Morgan fingerprint density at radius 1 is 1.30 bits per heavy atom. The van der Waals surface area contributed by atoms with Crippen molar-refractivity contribution in [1.82, 2.24) is 4.90 Å². The van der Waals surface area contributed by atoms with Gasteiger partial charge in [0, 0.05) is 19.5 Å². The van der Waals surface area contributed by atoms with Gasteiger partial charge in [-0.3, -0.25) is 14.4 Å². The molecule has 30 heavy (non-hydrogen) atoms. The molecule has 0 saturated carbocycles. The molecule has 164 valence electrons. The highest BCUT2D eigenvalue weighted by molar-refractivity contribution is 7.92. The Morgan fingerprint density at radius 3 is 2.67 bits per heavy atom. The Hall–Kier alpha value is -2.62. The summed E-state index contributed by atoms with van der Waals surface area (Å²) in [5.74, 6) is -0.677. The number of likely N-dealkylation sites (tertiary alicyclic amines) is 1. The van der Waals surface area contributed by atoms with E-state index in [2.05, 4.69) is 5.32 Å². The summed E-state index contributed by atoms with van der Waals surface area (Å²) in [6, 6.07) is 4.27.